The molecule has 0 bridgehead atoms. The van der Waals surface area contributed by atoms with Gasteiger partial charge in [-0.1, -0.05) is 23.4 Å². The Hall–Kier alpha value is -3.87. The summed E-state index contributed by atoms with van der Waals surface area (Å²) < 4.78 is 9.94. The predicted molar refractivity (Wildman–Crippen MR) is 111 cm³/mol. The fourth-order valence-corrected chi connectivity index (χ4v) is 4.01. The molecule has 4 aromatic heterocycles. The van der Waals surface area contributed by atoms with Crippen LogP contribution in [0.2, 0.25) is 0 Å². The third-order valence-corrected chi connectivity index (χ3v) is 5.64. The van der Waals surface area contributed by atoms with Crippen LogP contribution in [0.25, 0.3) is 33.7 Å². The summed E-state index contributed by atoms with van der Waals surface area (Å²) >= 11 is 0. The molecule has 2 N–H and O–H groups in total. The molecule has 1 aliphatic carbocycles. The largest absolute Gasteiger partial charge is 0.472 e. The van der Waals surface area contributed by atoms with Gasteiger partial charge in [0, 0.05) is 28.6 Å². The molecule has 1 fully saturated rings. The first kappa shape index (κ1) is 17.0. The molecule has 1 aromatic carbocycles. The minimum Gasteiger partial charge on any atom is -0.472 e. The van der Waals surface area contributed by atoms with Crippen LogP contribution in [0, 0.1) is 0 Å². The summed E-state index contributed by atoms with van der Waals surface area (Å²) in [5.74, 6) is 0.425. The normalized spacial score (nSPS) is 13.9. The van der Waals surface area contributed by atoms with Gasteiger partial charge in [-0.25, -0.2) is 9.78 Å². The van der Waals surface area contributed by atoms with Crippen molar-refractivity contribution in [3.05, 3.63) is 82.4 Å². The van der Waals surface area contributed by atoms with E-state index in [9.17, 15) is 4.79 Å². The molecule has 1 saturated carbocycles. The molecule has 0 amide bonds. The van der Waals surface area contributed by atoms with Gasteiger partial charge in [-0.15, -0.1) is 0 Å². The molecule has 6 rings (SSSR count). The summed E-state index contributed by atoms with van der Waals surface area (Å²) in [5, 5.41) is 4.92. The van der Waals surface area contributed by atoms with Crippen molar-refractivity contribution < 1.29 is 8.94 Å². The zero-order valence-corrected chi connectivity index (χ0v) is 16.0. The van der Waals surface area contributed by atoms with Gasteiger partial charge in [0.1, 0.15) is 5.69 Å². The van der Waals surface area contributed by atoms with Gasteiger partial charge in [0.2, 0.25) is 5.82 Å². The van der Waals surface area contributed by atoms with Crippen LogP contribution in [0.1, 0.15) is 35.6 Å². The maximum atomic E-state index is 11.3. The molecule has 0 aliphatic heterocycles. The number of hydrogen-bond donors (Lipinski definition) is 2. The number of rotatable bonds is 5. The number of nitrogens with zero attached hydrogens (tertiary/aromatic N) is 2. The molecule has 0 radical (unpaired) electrons. The maximum absolute atomic E-state index is 11.3. The second-order valence-corrected chi connectivity index (χ2v) is 7.70. The fourth-order valence-electron chi connectivity index (χ4n) is 4.01. The molecule has 148 valence electrons. The Balaban J connectivity index is 1.45. The van der Waals surface area contributed by atoms with Crippen molar-refractivity contribution in [3.8, 4) is 22.8 Å². The van der Waals surface area contributed by atoms with Gasteiger partial charge in [-0.2, -0.15) is 0 Å². The van der Waals surface area contributed by atoms with Gasteiger partial charge < -0.3 is 9.40 Å². The van der Waals surface area contributed by atoms with E-state index in [1.165, 1.54) is 23.8 Å². The lowest BCUT2D eigenvalue weighted by atomic mass is 10.0. The lowest BCUT2D eigenvalue weighted by Gasteiger charge is -2.05. The molecule has 0 unspecified atom stereocenters. The van der Waals surface area contributed by atoms with E-state index in [1.54, 1.807) is 18.6 Å². The third kappa shape index (κ3) is 2.95. The number of H-pyrrole nitrogens is 2. The zero-order chi connectivity index (χ0) is 20.1. The molecule has 1 aliphatic rings. The lowest BCUT2D eigenvalue weighted by Crippen LogP contribution is -1.98. The van der Waals surface area contributed by atoms with Crippen molar-refractivity contribution >= 4 is 10.9 Å². The molecular formula is C23H18N4O3. The van der Waals surface area contributed by atoms with E-state index in [4.69, 9.17) is 4.42 Å². The molecule has 0 atom stereocenters. The summed E-state index contributed by atoms with van der Waals surface area (Å²) in [6.45, 7) is 0. The predicted octanol–water partition coefficient (Wildman–Crippen LogP) is 4.63. The second kappa shape index (κ2) is 6.59. The van der Waals surface area contributed by atoms with Crippen LogP contribution in [0.4, 0.5) is 0 Å². The van der Waals surface area contributed by atoms with E-state index < -0.39 is 5.76 Å². The SMILES string of the molecule is O=c1[nH]c(-c2cccc(Cc3c(-c4ccoc4)[nH]c4cc(C5CC5)ccc34)n2)no1. The molecule has 4 heterocycles. The van der Waals surface area contributed by atoms with Crippen LogP contribution in [-0.4, -0.2) is 20.1 Å². The number of benzene rings is 1. The average Bonchev–Trinajstić information content (AvgIpc) is 3.13. The smallest absolute Gasteiger partial charge is 0.439 e. The Morgan fingerprint density at radius 2 is 2.03 bits per heavy atom. The quantitative estimate of drug-likeness (QED) is 0.449. The fraction of sp³-hybridized carbons (Fsp3) is 0.174. The number of nitrogens with one attached hydrogen (secondary N) is 2. The van der Waals surface area contributed by atoms with Crippen molar-refractivity contribution in [2.24, 2.45) is 0 Å². The topological polar surface area (TPSA) is 101 Å². The number of aromatic nitrogens is 4. The zero-order valence-electron chi connectivity index (χ0n) is 16.0. The highest BCUT2D eigenvalue weighted by Crippen LogP contribution is 2.42. The average molecular weight is 398 g/mol. The Kier molecular flexibility index (Phi) is 3.74. The standard InChI is InChI=1S/C23H18N4O3/c28-23-26-22(27-30-23)19-3-1-2-16(24-19)11-18-17-7-6-14(13-4-5-13)10-20(17)25-21(18)15-8-9-29-12-15/h1-3,6-10,12-13,25H,4-5,11H2,(H,26,27,28). The molecule has 7 heteroatoms. The van der Waals surface area contributed by atoms with Crippen molar-refractivity contribution in [2.75, 3.05) is 0 Å². The monoisotopic (exact) mass is 398 g/mol. The van der Waals surface area contributed by atoms with Crippen LogP contribution in [0.5, 0.6) is 0 Å². The molecule has 5 aromatic rings. The highest BCUT2D eigenvalue weighted by molar-refractivity contribution is 5.91. The molecule has 30 heavy (non-hydrogen) atoms. The molecule has 7 nitrogen and oxygen atoms in total. The van der Waals surface area contributed by atoms with Crippen LogP contribution in [0.3, 0.4) is 0 Å². The first-order chi connectivity index (χ1) is 14.7. The minimum absolute atomic E-state index is 0.324. The van der Waals surface area contributed by atoms with Crippen LogP contribution in [0.15, 0.2) is 68.7 Å². The second-order valence-electron chi connectivity index (χ2n) is 7.70. The lowest BCUT2D eigenvalue weighted by molar-refractivity contribution is 0.387. The first-order valence-corrected chi connectivity index (χ1v) is 9.94. The third-order valence-electron chi connectivity index (χ3n) is 5.64. The van der Waals surface area contributed by atoms with Crippen molar-refractivity contribution in [1.82, 2.24) is 20.1 Å². The van der Waals surface area contributed by atoms with Crippen LogP contribution < -0.4 is 5.76 Å². The summed E-state index contributed by atoms with van der Waals surface area (Å²) in [6, 6.07) is 14.3. The van der Waals surface area contributed by atoms with Crippen molar-refractivity contribution in [3.63, 3.8) is 0 Å². The minimum atomic E-state index is -0.595. The number of aromatic amines is 2. The number of pyridine rings is 1. The highest BCUT2D eigenvalue weighted by Gasteiger charge is 2.24. The van der Waals surface area contributed by atoms with E-state index in [1.807, 2.05) is 18.2 Å². The number of fused-ring (bicyclic) bond motifs is 1. The van der Waals surface area contributed by atoms with Gasteiger partial charge in [-0.3, -0.25) is 9.51 Å². The van der Waals surface area contributed by atoms with E-state index in [-0.39, 0.29) is 0 Å². The van der Waals surface area contributed by atoms with Crippen molar-refractivity contribution in [2.45, 2.75) is 25.2 Å². The van der Waals surface area contributed by atoms with E-state index in [0.717, 1.165) is 28.0 Å². The highest BCUT2D eigenvalue weighted by atomic mass is 16.5. The first-order valence-electron chi connectivity index (χ1n) is 9.94. The van der Waals surface area contributed by atoms with Gasteiger partial charge >= 0.3 is 5.76 Å². The van der Waals surface area contributed by atoms with E-state index in [2.05, 4.69) is 42.8 Å². The van der Waals surface area contributed by atoms with Gasteiger partial charge in [-0.05, 0) is 54.2 Å². The number of hydrogen-bond acceptors (Lipinski definition) is 5. The van der Waals surface area contributed by atoms with Crippen LogP contribution >= 0.6 is 0 Å². The van der Waals surface area contributed by atoms with Gasteiger partial charge in [0.05, 0.1) is 18.2 Å². The van der Waals surface area contributed by atoms with Gasteiger partial charge in [0.15, 0.2) is 0 Å². The molecule has 0 spiro atoms. The maximum Gasteiger partial charge on any atom is 0.439 e. The summed E-state index contributed by atoms with van der Waals surface area (Å²) in [5.41, 5.74) is 7.16. The van der Waals surface area contributed by atoms with Crippen LogP contribution in [-0.2, 0) is 6.42 Å². The number of furan rings is 1. The Morgan fingerprint density at radius 1 is 1.10 bits per heavy atom. The Morgan fingerprint density at radius 3 is 2.80 bits per heavy atom. The van der Waals surface area contributed by atoms with Gasteiger partial charge in [0.25, 0.3) is 0 Å². The summed E-state index contributed by atoms with van der Waals surface area (Å²) in [4.78, 5) is 22.1. The summed E-state index contributed by atoms with van der Waals surface area (Å²) in [6.07, 6.45) is 6.60. The van der Waals surface area contributed by atoms with Crippen molar-refractivity contribution in [1.29, 1.82) is 0 Å². The van der Waals surface area contributed by atoms with E-state index in [0.29, 0.717) is 23.9 Å². The Bertz CT molecular complexity index is 1400. The molecular weight excluding hydrogens is 380 g/mol. The Labute approximate surface area is 170 Å². The molecule has 0 saturated heterocycles. The van der Waals surface area contributed by atoms with E-state index >= 15 is 0 Å². The summed E-state index contributed by atoms with van der Waals surface area (Å²) in [7, 11) is 0.